The van der Waals surface area contributed by atoms with Gasteiger partial charge in [-0.2, -0.15) is 0 Å². The van der Waals surface area contributed by atoms with E-state index in [0.717, 1.165) is 29.8 Å². The second kappa shape index (κ2) is 12.7. The van der Waals surface area contributed by atoms with Gasteiger partial charge in [-0.05, 0) is 62.6 Å². The van der Waals surface area contributed by atoms with E-state index in [9.17, 15) is 9.59 Å². The van der Waals surface area contributed by atoms with Crippen LogP contribution in [0.2, 0.25) is 5.02 Å². The lowest BCUT2D eigenvalue weighted by Crippen LogP contribution is -2.57. The van der Waals surface area contributed by atoms with Gasteiger partial charge in [-0.1, -0.05) is 48.3 Å². The van der Waals surface area contributed by atoms with Crippen molar-refractivity contribution in [1.29, 1.82) is 0 Å². The van der Waals surface area contributed by atoms with Gasteiger partial charge in [-0.15, -0.1) is 0 Å². The van der Waals surface area contributed by atoms with Crippen LogP contribution >= 0.6 is 23.4 Å². The number of thioether (sulfide) groups is 1. The van der Waals surface area contributed by atoms with Crippen LogP contribution in [0.5, 0.6) is 11.5 Å². The Morgan fingerprint density at radius 2 is 1.67 bits per heavy atom. The zero-order valence-corrected chi connectivity index (χ0v) is 24.2. The molecule has 1 fully saturated rings. The van der Waals surface area contributed by atoms with Gasteiger partial charge in [0.2, 0.25) is 11.8 Å². The molecule has 1 aromatic heterocycles. The van der Waals surface area contributed by atoms with E-state index in [-0.39, 0.29) is 24.1 Å². The molecular formula is C29H33ClN4O4S. The van der Waals surface area contributed by atoms with Crippen molar-refractivity contribution in [2.45, 2.75) is 56.8 Å². The predicted molar refractivity (Wildman–Crippen MR) is 154 cm³/mol. The van der Waals surface area contributed by atoms with Gasteiger partial charge in [-0.3, -0.25) is 9.59 Å². The van der Waals surface area contributed by atoms with Crippen LogP contribution in [0.15, 0.2) is 53.7 Å². The summed E-state index contributed by atoms with van der Waals surface area (Å²) in [5.41, 5.74) is 2.07. The molecule has 2 aromatic carbocycles. The van der Waals surface area contributed by atoms with Crippen LogP contribution in [0.3, 0.4) is 0 Å². The summed E-state index contributed by atoms with van der Waals surface area (Å²) in [6.45, 7) is 4.08. The van der Waals surface area contributed by atoms with E-state index in [1.165, 1.54) is 11.8 Å². The Kier molecular flexibility index (Phi) is 9.35. The molecule has 0 saturated heterocycles. The monoisotopic (exact) mass is 568 g/mol. The molecule has 10 heteroatoms. The lowest BCUT2D eigenvalue weighted by molar-refractivity contribution is -0.144. The van der Waals surface area contributed by atoms with E-state index in [0.29, 0.717) is 40.2 Å². The first-order chi connectivity index (χ1) is 18.7. The number of hydrogen-bond acceptors (Lipinski definition) is 7. The number of carbonyl (C=O) groups excluding carboxylic acids is 2. The SMILES string of the molecule is COc1ccc(NC(=O)C2(N(Cc3ccc(Cl)cc3)C(=O)CSc3nc(C)cc(C)n3)CCCC2)c(OC)c1. The lowest BCUT2D eigenvalue weighted by atomic mass is 9.92. The molecule has 0 radical (unpaired) electrons. The summed E-state index contributed by atoms with van der Waals surface area (Å²) in [6, 6.07) is 14.5. The molecule has 1 aliphatic rings. The molecule has 1 saturated carbocycles. The number of nitrogens with zero attached hydrogens (tertiary/aromatic N) is 3. The van der Waals surface area contributed by atoms with Gasteiger partial charge >= 0.3 is 0 Å². The number of anilines is 1. The van der Waals surface area contributed by atoms with E-state index in [2.05, 4.69) is 15.3 Å². The molecule has 206 valence electrons. The number of methoxy groups -OCH3 is 2. The van der Waals surface area contributed by atoms with Crippen molar-refractivity contribution in [3.8, 4) is 11.5 Å². The van der Waals surface area contributed by atoms with Crippen molar-refractivity contribution < 1.29 is 19.1 Å². The Labute approximate surface area is 238 Å². The molecule has 1 heterocycles. The Morgan fingerprint density at radius 1 is 1.00 bits per heavy atom. The minimum absolute atomic E-state index is 0.109. The van der Waals surface area contributed by atoms with Gasteiger partial charge in [0.1, 0.15) is 17.0 Å². The minimum atomic E-state index is -1.02. The van der Waals surface area contributed by atoms with Crippen molar-refractivity contribution in [3.05, 3.63) is 70.5 Å². The van der Waals surface area contributed by atoms with Crippen molar-refractivity contribution in [2.24, 2.45) is 0 Å². The molecule has 3 aromatic rings. The smallest absolute Gasteiger partial charge is 0.250 e. The highest BCUT2D eigenvalue weighted by Crippen LogP contribution is 2.39. The number of aryl methyl sites for hydroxylation is 2. The third-order valence-electron chi connectivity index (χ3n) is 6.87. The first-order valence-corrected chi connectivity index (χ1v) is 14.1. The summed E-state index contributed by atoms with van der Waals surface area (Å²) in [7, 11) is 3.11. The highest BCUT2D eigenvalue weighted by Gasteiger charge is 2.48. The molecule has 1 aliphatic carbocycles. The average Bonchev–Trinajstić information content (AvgIpc) is 3.42. The van der Waals surface area contributed by atoms with E-state index in [4.69, 9.17) is 21.1 Å². The maximum atomic E-state index is 14.1. The maximum Gasteiger partial charge on any atom is 0.250 e. The number of ether oxygens (including phenoxy) is 2. The zero-order valence-electron chi connectivity index (χ0n) is 22.6. The van der Waals surface area contributed by atoms with Crippen LogP contribution < -0.4 is 14.8 Å². The van der Waals surface area contributed by atoms with Gasteiger partial charge < -0.3 is 19.7 Å². The summed E-state index contributed by atoms with van der Waals surface area (Å²) < 4.78 is 10.8. The maximum absolute atomic E-state index is 14.1. The molecule has 39 heavy (non-hydrogen) atoms. The largest absolute Gasteiger partial charge is 0.497 e. The highest BCUT2D eigenvalue weighted by atomic mass is 35.5. The topological polar surface area (TPSA) is 93.7 Å². The number of rotatable bonds is 10. The molecule has 4 rings (SSSR count). The standard InChI is InChI=1S/C29H33ClN4O4S/c1-19-15-20(2)32-28(31-19)39-18-26(35)34(17-21-7-9-22(30)10-8-21)29(13-5-6-14-29)27(36)33-24-12-11-23(37-3)16-25(24)38-4/h7-12,15-16H,5-6,13-14,17-18H2,1-4H3,(H,33,36). The molecule has 8 nitrogen and oxygen atoms in total. The van der Waals surface area contributed by atoms with E-state index >= 15 is 0 Å². The first kappa shape index (κ1) is 28.7. The van der Waals surface area contributed by atoms with E-state index in [1.54, 1.807) is 49.5 Å². The Balaban J connectivity index is 1.65. The highest BCUT2D eigenvalue weighted by molar-refractivity contribution is 7.99. The second-order valence-electron chi connectivity index (χ2n) is 9.59. The predicted octanol–water partition coefficient (Wildman–Crippen LogP) is 5.84. The molecule has 2 amide bonds. The summed E-state index contributed by atoms with van der Waals surface area (Å²) in [6.07, 6.45) is 2.79. The summed E-state index contributed by atoms with van der Waals surface area (Å²) >= 11 is 7.40. The van der Waals surface area contributed by atoms with Crippen LogP contribution in [0.4, 0.5) is 5.69 Å². The number of amides is 2. The number of halogens is 1. The van der Waals surface area contributed by atoms with Crippen molar-refractivity contribution in [2.75, 3.05) is 25.3 Å². The van der Waals surface area contributed by atoms with Gasteiger partial charge in [0.15, 0.2) is 5.16 Å². The number of carbonyl (C=O) groups is 2. The number of nitrogens with one attached hydrogen (secondary N) is 1. The minimum Gasteiger partial charge on any atom is -0.497 e. The quantitative estimate of drug-likeness (QED) is 0.243. The number of aromatic nitrogens is 2. The van der Waals surface area contributed by atoms with E-state index < -0.39 is 5.54 Å². The fourth-order valence-electron chi connectivity index (χ4n) is 4.93. The first-order valence-electron chi connectivity index (χ1n) is 12.8. The van der Waals surface area contributed by atoms with Gasteiger partial charge in [0.25, 0.3) is 0 Å². The van der Waals surface area contributed by atoms with Crippen LogP contribution in [0.25, 0.3) is 0 Å². The number of benzene rings is 2. The Bertz CT molecular complexity index is 1310. The van der Waals surface area contributed by atoms with Crippen LogP contribution in [0.1, 0.15) is 42.6 Å². The zero-order chi connectivity index (χ0) is 28.0. The third kappa shape index (κ3) is 6.83. The van der Waals surface area contributed by atoms with Crippen molar-refractivity contribution in [1.82, 2.24) is 14.9 Å². The summed E-state index contributed by atoms with van der Waals surface area (Å²) in [4.78, 5) is 38.6. The lowest BCUT2D eigenvalue weighted by Gasteiger charge is -2.40. The van der Waals surface area contributed by atoms with Crippen LogP contribution in [0, 0.1) is 13.8 Å². The number of hydrogen-bond donors (Lipinski definition) is 1. The normalized spacial score (nSPS) is 14.1. The molecule has 0 atom stereocenters. The van der Waals surface area contributed by atoms with Crippen molar-refractivity contribution in [3.63, 3.8) is 0 Å². The molecule has 0 spiro atoms. The van der Waals surface area contributed by atoms with Gasteiger partial charge in [0, 0.05) is 29.0 Å². The molecule has 0 bridgehead atoms. The van der Waals surface area contributed by atoms with Crippen molar-refractivity contribution >= 4 is 40.9 Å². The molecular weight excluding hydrogens is 536 g/mol. The summed E-state index contributed by atoms with van der Waals surface area (Å²) in [5.74, 6) is 0.812. The Hall–Kier alpha value is -3.30. The van der Waals surface area contributed by atoms with Gasteiger partial charge in [-0.25, -0.2) is 9.97 Å². The molecule has 0 aliphatic heterocycles. The molecule has 1 N–H and O–H groups in total. The second-order valence-corrected chi connectivity index (χ2v) is 11.0. The Morgan fingerprint density at radius 3 is 2.28 bits per heavy atom. The third-order valence-corrected chi connectivity index (χ3v) is 7.95. The fourth-order valence-corrected chi connectivity index (χ4v) is 5.88. The van der Waals surface area contributed by atoms with Crippen LogP contribution in [-0.4, -0.2) is 52.2 Å². The summed E-state index contributed by atoms with van der Waals surface area (Å²) in [5, 5.41) is 4.20. The van der Waals surface area contributed by atoms with Gasteiger partial charge in [0.05, 0.1) is 25.7 Å². The fraction of sp³-hybridized carbons (Fsp3) is 0.379. The van der Waals surface area contributed by atoms with Crippen LogP contribution in [-0.2, 0) is 16.1 Å². The van der Waals surface area contributed by atoms with E-state index in [1.807, 2.05) is 32.0 Å². The molecule has 0 unspecified atom stereocenters. The average molecular weight is 569 g/mol.